The third-order valence-corrected chi connectivity index (χ3v) is 6.67. The Morgan fingerprint density at radius 2 is 1.73 bits per heavy atom. The van der Waals surface area contributed by atoms with Crippen LogP contribution in [-0.4, -0.2) is 28.9 Å². The van der Waals surface area contributed by atoms with E-state index in [0.717, 1.165) is 49.4 Å². The average molecular weight is 439 g/mol. The van der Waals surface area contributed by atoms with E-state index in [-0.39, 0.29) is 11.8 Å². The van der Waals surface area contributed by atoms with Gasteiger partial charge in [0.05, 0.1) is 0 Å². The van der Waals surface area contributed by atoms with Gasteiger partial charge >= 0.3 is 0 Å². The lowest BCUT2D eigenvalue weighted by atomic mass is 9.87. The molecule has 33 heavy (non-hydrogen) atoms. The molecule has 1 fully saturated rings. The second-order valence-electron chi connectivity index (χ2n) is 8.77. The molecule has 0 radical (unpaired) electrons. The number of hydrogen-bond acceptors (Lipinski definition) is 2. The van der Waals surface area contributed by atoms with E-state index < -0.39 is 0 Å². The van der Waals surface area contributed by atoms with Gasteiger partial charge in [-0.15, -0.1) is 0 Å². The number of benzene rings is 3. The lowest BCUT2D eigenvalue weighted by Crippen LogP contribution is -2.29. The van der Waals surface area contributed by atoms with Crippen LogP contribution in [0.5, 0.6) is 11.5 Å². The van der Waals surface area contributed by atoms with Crippen LogP contribution in [0.15, 0.2) is 79.0 Å². The van der Waals surface area contributed by atoms with Crippen LogP contribution in [0.1, 0.15) is 48.8 Å². The van der Waals surface area contributed by atoms with Crippen molar-refractivity contribution in [1.29, 1.82) is 0 Å². The normalized spacial score (nSPS) is 14.5. The van der Waals surface area contributed by atoms with Crippen molar-refractivity contribution >= 4 is 16.8 Å². The van der Waals surface area contributed by atoms with E-state index in [4.69, 9.17) is 4.74 Å². The van der Waals surface area contributed by atoms with E-state index in [1.54, 1.807) is 0 Å². The number of rotatable bonds is 7. The molecule has 0 saturated carbocycles. The quantitative estimate of drug-likeness (QED) is 0.350. The molecule has 2 heterocycles. The molecular formula is C29H30N2O2. The minimum absolute atomic E-state index is 0.0433. The van der Waals surface area contributed by atoms with Crippen molar-refractivity contribution < 1.29 is 9.53 Å². The van der Waals surface area contributed by atoms with E-state index in [1.165, 1.54) is 22.0 Å². The van der Waals surface area contributed by atoms with Crippen molar-refractivity contribution in [2.75, 3.05) is 13.1 Å². The van der Waals surface area contributed by atoms with Gasteiger partial charge in [-0.05, 0) is 60.2 Å². The fourth-order valence-corrected chi connectivity index (χ4v) is 4.92. The first-order valence-electron chi connectivity index (χ1n) is 11.9. The smallest absolute Gasteiger partial charge is 0.223 e. The van der Waals surface area contributed by atoms with Gasteiger partial charge in [0.2, 0.25) is 5.91 Å². The topological polar surface area (TPSA) is 45.3 Å². The van der Waals surface area contributed by atoms with Crippen LogP contribution < -0.4 is 4.74 Å². The number of carbonyl (C=O) groups excluding carboxylic acids is 1. The molecule has 4 nitrogen and oxygen atoms in total. The number of nitrogens with one attached hydrogen (secondary N) is 1. The highest BCUT2D eigenvalue weighted by atomic mass is 16.5. The number of nitrogens with zero attached hydrogens (tertiary/aromatic N) is 1. The second kappa shape index (κ2) is 9.53. The fraction of sp³-hybridized carbons (Fsp3) is 0.276. The molecule has 3 aromatic carbocycles. The van der Waals surface area contributed by atoms with Crippen LogP contribution in [0.25, 0.3) is 10.9 Å². The zero-order chi connectivity index (χ0) is 22.6. The number of aromatic amines is 1. The predicted molar refractivity (Wildman–Crippen MR) is 133 cm³/mol. The first-order chi connectivity index (χ1) is 16.2. The van der Waals surface area contributed by atoms with Gasteiger partial charge in [-0.3, -0.25) is 4.79 Å². The molecule has 168 valence electrons. The van der Waals surface area contributed by atoms with Gasteiger partial charge in [-0.1, -0.05) is 55.5 Å². The van der Waals surface area contributed by atoms with Crippen LogP contribution in [0.4, 0.5) is 0 Å². The van der Waals surface area contributed by atoms with Gasteiger partial charge in [0.25, 0.3) is 0 Å². The summed E-state index contributed by atoms with van der Waals surface area (Å²) in [5.41, 5.74) is 4.73. The Kier molecular flexibility index (Phi) is 6.16. The highest BCUT2D eigenvalue weighted by Gasteiger charge is 2.26. The number of hydrogen-bond donors (Lipinski definition) is 1. The van der Waals surface area contributed by atoms with Gasteiger partial charge < -0.3 is 14.6 Å². The Labute approximate surface area is 195 Å². The zero-order valence-electron chi connectivity index (χ0n) is 19.1. The van der Waals surface area contributed by atoms with E-state index in [1.807, 2.05) is 47.4 Å². The van der Waals surface area contributed by atoms with E-state index in [2.05, 4.69) is 48.4 Å². The van der Waals surface area contributed by atoms with Gasteiger partial charge in [0.1, 0.15) is 11.5 Å². The number of para-hydroxylation sites is 2. The summed E-state index contributed by atoms with van der Waals surface area (Å²) in [6.07, 6.45) is 5.72. The van der Waals surface area contributed by atoms with Gasteiger partial charge in [0, 0.05) is 42.5 Å². The number of amides is 1. The molecule has 0 unspecified atom stereocenters. The van der Waals surface area contributed by atoms with Crippen molar-refractivity contribution in [3.63, 3.8) is 0 Å². The molecule has 4 heteroatoms. The number of aromatic nitrogens is 1. The monoisotopic (exact) mass is 438 g/mol. The molecule has 1 amide bonds. The molecule has 0 aliphatic carbocycles. The number of aryl methyl sites for hydroxylation is 1. The molecule has 4 aromatic rings. The van der Waals surface area contributed by atoms with Crippen molar-refractivity contribution in [2.45, 2.75) is 38.5 Å². The minimum Gasteiger partial charge on any atom is -0.457 e. The van der Waals surface area contributed by atoms with Crippen molar-refractivity contribution in [2.24, 2.45) is 0 Å². The summed E-state index contributed by atoms with van der Waals surface area (Å²) >= 11 is 0. The number of carbonyl (C=O) groups is 1. The molecule has 1 atom stereocenters. The van der Waals surface area contributed by atoms with E-state index in [9.17, 15) is 4.79 Å². The maximum Gasteiger partial charge on any atom is 0.223 e. The van der Waals surface area contributed by atoms with Crippen LogP contribution in [0.3, 0.4) is 0 Å². The van der Waals surface area contributed by atoms with E-state index >= 15 is 0 Å². The summed E-state index contributed by atoms with van der Waals surface area (Å²) in [6.45, 7) is 3.92. The molecule has 1 aliphatic heterocycles. The van der Waals surface area contributed by atoms with Crippen molar-refractivity contribution in [3.8, 4) is 11.5 Å². The maximum absolute atomic E-state index is 13.2. The van der Waals surface area contributed by atoms with Gasteiger partial charge in [-0.25, -0.2) is 0 Å². The Morgan fingerprint density at radius 1 is 0.970 bits per heavy atom. The van der Waals surface area contributed by atoms with Crippen LogP contribution in [0, 0.1) is 0 Å². The lowest BCUT2D eigenvalue weighted by Gasteiger charge is -2.22. The summed E-state index contributed by atoms with van der Waals surface area (Å²) in [7, 11) is 0. The molecule has 1 aliphatic rings. The SMILES string of the molecule is CCc1cccc2c([C@@H](CC(=O)N3CCCC3)c3cccc(Oc4ccccc4)c3)c[nH]c12. The second-order valence-corrected chi connectivity index (χ2v) is 8.77. The minimum atomic E-state index is -0.0433. The third-order valence-electron chi connectivity index (χ3n) is 6.67. The molecule has 1 aromatic heterocycles. The third kappa shape index (κ3) is 4.51. The Bertz CT molecular complexity index is 1240. The number of fused-ring (bicyclic) bond motifs is 1. The summed E-state index contributed by atoms with van der Waals surface area (Å²) in [5.74, 6) is 1.77. The summed E-state index contributed by atoms with van der Waals surface area (Å²) in [6, 6.07) is 24.5. The molecule has 1 saturated heterocycles. The summed E-state index contributed by atoms with van der Waals surface area (Å²) in [4.78, 5) is 18.8. The van der Waals surface area contributed by atoms with Crippen LogP contribution >= 0.6 is 0 Å². The standard InChI is InChI=1S/C29H30N2O2/c1-2-21-10-9-15-25-27(20-30-29(21)25)26(19-28(32)31-16-6-7-17-31)22-11-8-14-24(18-22)33-23-12-4-3-5-13-23/h3-5,8-15,18,20,26,30H,2,6-7,16-17,19H2,1H3/t26-/m0/s1. The van der Waals surface area contributed by atoms with Crippen molar-refractivity contribution in [1.82, 2.24) is 9.88 Å². The Morgan fingerprint density at radius 3 is 2.52 bits per heavy atom. The van der Waals surface area contributed by atoms with Crippen molar-refractivity contribution in [3.05, 3.63) is 95.7 Å². The molecule has 1 N–H and O–H groups in total. The number of ether oxygens (including phenoxy) is 1. The highest BCUT2D eigenvalue weighted by molar-refractivity contribution is 5.88. The summed E-state index contributed by atoms with van der Waals surface area (Å²) < 4.78 is 6.11. The molecule has 0 bridgehead atoms. The maximum atomic E-state index is 13.2. The number of likely N-dealkylation sites (tertiary alicyclic amines) is 1. The zero-order valence-corrected chi connectivity index (χ0v) is 19.1. The first kappa shape index (κ1) is 21.3. The Hall–Kier alpha value is -3.53. The summed E-state index contributed by atoms with van der Waals surface area (Å²) in [5, 5.41) is 1.20. The van der Waals surface area contributed by atoms with E-state index in [0.29, 0.717) is 6.42 Å². The van der Waals surface area contributed by atoms with Crippen LogP contribution in [-0.2, 0) is 11.2 Å². The van der Waals surface area contributed by atoms with Gasteiger partial charge in [-0.2, -0.15) is 0 Å². The lowest BCUT2D eigenvalue weighted by molar-refractivity contribution is -0.130. The predicted octanol–water partition coefficient (Wildman–Crippen LogP) is 6.67. The average Bonchev–Trinajstić information content (AvgIpc) is 3.54. The van der Waals surface area contributed by atoms with Gasteiger partial charge in [0.15, 0.2) is 0 Å². The highest BCUT2D eigenvalue weighted by Crippen LogP contribution is 2.37. The Balaban J connectivity index is 1.53. The van der Waals surface area contributed by atoms with Crippen LogP contribution in [0.2, 0.25) is 0 Å². The largest absolute Gasteiger partial charge is 0.457 e. The number of H-pyrrole nitrogens is 1. The molecular weight excluding hydrogens is 408 g/mol. The molecule has 0 spiro atoms. The fourth-order valence-electron chi connectivity index (χ4n) is 4.92. The first-order valence-corrected chi connectivity index (χ1v) is 11.9. The molecule has 5 rings (SSSR count).